The molecule has 1 aromatic heterocycles. The van der Waals surface area contributed by atoms with Gasteiger partial charge in [0.15, 0.2) is 0 Å². The summed E-state index contributed by atoms with van der Waals surface area (Å²) in [4.78, 5) is 30.2. The third-order valence-corrected chi connectivity index (χ3v) is 5.03. The van der Waals surface area contributed by atoms with Gasteiger partial charge in [0, 0.05) is 30.9 Å². The second kappa shape index (κ2) is 9.98. The molecule has 2 amide bonds. The van der Waals surface area contributed by atoms with Gasteiger partial charge < -0.3 is 15.0 Å². The molecule has 25 heavy (non-hydrogen) atoms. The van der Waals surface area contributed by atoms with Gasteiger partial charge in [-0.2, -0.15) is 0 Å². The molecule has 1 fully saturated rings. The molecule has 2 rings (SSSR count). The number of nitrogens with zero attached hydrogens (tertiary/aromatic N) is 2. The smallest absolute Gasteiger partial charge is 0.409 e. The molecule has 0 unspecified atom stereocenters. The minimum Gasteiger partial charge on any atom is -0.449 e. The van der Waals surface area contributed by atoms with E-state index in [0.717, 1.165) is 17.8 Å². The molecule has 0 aliphatic carbocycles. The predicted octanol–water partition coefficient (Wildman–Crippen LogP) is 3.34. The number of piperidine rings is 1. The normalized spacial score (nSPS) is 15.3. The van der Waals surface area contributed by atoms with Crippen LogP contribution in [0.3, 0.4) is 0 Å². The Hall–Kier alpha value is -2.15. The molecular weight excluding hydrogens is 338 g/mol. The zero-order valence-electron chi connectivity index (χ0n) is 14.6. The first kappa shape index (κ1) is 19.2. The number of ether oxygens (including phenoxy) is 1. The van der Waals surface area contributed by atoms with Crippen LogP contribution in [0.1, 0.15) is 47.6 Å². The van der Waals surface area contributed by atoms with Gasteiger partial charge in [0.1, 0.15) is 5.69 Å². The van der Waals surface area contributed by atoms with Crippen LogP contribution in [0.4, 0.5) is 4.79 Å². The van der Waals surface area contributed by atoms with Crippen LogP contribution in [0.5, 0.6) is 0 Å². The Bertz CT molecular complexity index is 619. The van der Waals surface area contributed by atoms with Gasteiger partial charge in [-0.1, -0.05) is 18.2 Å². The number of rotatable bonds is 7. The fourth-order valence-electron chi connectivity index (χ4n) is 2.57. The molecule has 1 aromatic rings. The van der Waals surface area contributed by atoms with Gasteiger partial charge >= 0.3 is 6.09 Å². The Morgan fingerprint density at radius 2 is 2.24 bits per heavy atom. The summed E-state index contributed by atoms with van der Waals surface area (Å²) < 4.78 is 5.19. The number of allylic oxidation sites excluding steroid dienone is 1. The fraction of sp³-hybridized carbons (Fsp3) is 0.500. The summed E-state index contributed by atoms with van der Waals surface area (Å²) >= 11 is 1.51. The first-order chi connectivity index (χ1) is 12.2. The minimum absolute atomic E-state index is 0.149. The third-order valence-electron chi connectivity index (χ3n) is 4.02. The molecule has 7 heteroatoms. The van der Waals surface area contributed by atoms with Gasteiger partial charge in [-0.25, -0.2) is 9.78 Å². The van der Waals surface area contributed by atoms with E-state index in [9.17, 15) is 9.59 Å². The number of carbonyl (C=O) groups excluding carboxylic acids is 2. The Labute approximate surface area is 152 Å². The molecule has 1 saturated heterocycles. The van der Waals surface area contributed by atoms with Crippen molar-refractivity contribution in [3.8, 4) is 0 Å². The Morgan fingerprint density at radius 1 is 1.48 bits per heavy atom. The second-order valence-electron chi connectivity index (χ2n) is 5.80. The molecule has 0 radical (unpaired) electrons. The maximum atomic E-state index is 12.0. The maximum Gasteiger partial charge on any atom is 0.409 e. The van der Waals surface area contributed by atoms with Gasteiger partial charge in [0.25, 0.3) is 5.91 Å². The number of hydrogen-bond donors (Lipinski definition) is 1. The highest BCUT2D eigenvalue weighted by atomic mass is 32.1. The van der Waals surface area contributed by atoms with Crippen molar-refractivity contribution >= 4 is 23.3 Å². The number of nitrogens with one attached hydrogen (secondary N) is 1. The van der Waals surface area contributed by atoms with Crippen molar-refractivity contribution in [2.24, 2.45) is 0 Å². The Kier molecular flexibility index (Phi) is 7.66. The molecule has 0 aromatic carbocycles. The van der Waals surface area contributed by atoms with Gasteiger partial charge in [-0.3, -0.25) is 4.79 Å². The number of thiazole rings is 1. The SMILES string of the molecule is C=CCCOC(=O)N1CCC(c2nc(C(=O)NC/C=C\C)cs2)CC1. The summed E-state index contributed by atoms with van der Waals surface area (Å²) in [7, 11) is 0. The van der Waals surface area contributed by atoms with E-state index >= 15 is 0 Å². The molecule has 1 aliphatic heterocycles. The number of amides is 2. The van der Waals surface area contributed by atoms with Crippen LogP contribution < -0.4 is 5.32 Å². The highest BCUT2D eigenvalue weighted by Gasteiger charge is 2.26. The average Bonchev–Trinajstić information content (AvgIpc) is 3.12. The first-order valence-electron chi connectivity index (χ1n) is 8.53. The van der Waals surface area contributed by atoms with E-state index in [1.54, 1.807) is 16.4 Å². The summed E-state index contributed by atoms with van der Waals surface area (Å²) in [6.45, 7) is 7.71. The predicted molar refractivity (Wildman–Crippen MR) is 99.0 cm³/mol. The van der Waals surface area contributed by atoms with E-state index < -0.39 is 0 Å². The quantitative estimate of drug-likeness (QED) is 0.596. The number of aromatic nitrogens is 1. The van der Waals surface area contributed by atoms with Gasteiger partial charge in [-0.15, -0.1) is 17.9 Å². The fourth-order valence-corrected chi connectivity index (χ4v) is 3.54. The molecule has 0 atom stereocenters. The zero-order chi connectivity index (χ0) is 18.1. The van der Waals surface area contributed by atoms with E-state index in [2.05, 4.69) is 16.9 Å². The van der Waals surface area contributed by atoms with Crippen molar-refractivity contribution in [2.45, 2.75) is 32.1 Å². The first-order valence-corrected chi connectivity index (χ1v) is 9.41. The molecular formula is C18H25N3O3S. The Balaban J connectivity index is 1.81. The average molecular weight is 363 g/mol. The van der Waals surface area contributed by atoms with Crippen molar-refractivity contribution < 1.29 is 14.3 Å². The summed E-state index contributed by atoms with van der Waals surface area (Å²) in [6, 6.07) is 0. The molecule has 1 N–H and O–H groups in total. The van der Waals surface area contributed by atoms with E-state index in [1.165, 1.54) is 11.3 Å². The van der Waals surface area contributed by atoms with Crippen molar-refractivity contribution in [2.75, 3.05) is 26.2 Å². The topological polar surface area (TPSA) is 71.5 Å². The van der Waals surface area contributed by atoms with Crippen LogP contribution in [0.15, 0.2) is 30.2 Å². The Morgan fingerprint density at radius 3 is 2.92 bits per heavy atom. The van der Waals surface area contributed by atoms with Crippen molar-refractivity contribution in [1.82, 2.24) is 15.2 Å². The lowest BCUT2D eigenvalue weighted by Gasteiger charge is -2.30. The molecule has 1 aliphatic rings. The van der Waals surface area contributed by atoms with E-state index in [1.807, 2.05) is 19.1 Å². The molecule has 6 nitrogen and oxygen atoms in total. The summed E-state index contributed by atoms with van der Waals surface area (Å²) in [5, 5.41) is 5.57. The van der Waals surface area contributed by atoms with Crippen molar-refractivity contribution in [1.29, 1.82) is 0 Å². The van der Waals surface area contributed by atoms with E-state index in [-0.39, 0.29) is 12.0 Å². The molecule has 0 bridgehead atoms. The maximum absolute atomic E-state index is 12.0. The monoisotopic (exact) mass is 363 g/mol. The summed E-state index contributed by atoms with van der Waals surface area (Å²) in [5.74, 6) is 0.142. The highest BCUT2D eigenvalue weighted by molar-refractivity contribution is 7.09. The van der Waals surface area contributed by atoms with Crippen molar-refractivity contribution in [3.05, 3.63) is 40.9 Å². The van der Waals surface area contributed by atoms with Crippen LogP contribution >= 0.6 is 11.3 Å². The van der Waals surface area contributed by atoms with E-state index in [0.29, 0.717) is 44.3 Å². The van der Waals surface area contributed by atoms with Crippen LogP contribution in [0.25, 0.3) is 0 Å². The summed E-state index contributed by atoms with van der Waals surface area (Å²) in [6.07, 6.45) is 7.59. The number of likely N-dealkylation sites (tertiary alicyclic amines) is 1. The minimum atomic E-state index is -0.261. The molecule has 2 heterocycles. The van der Waals surface area contributed by atoms with E-state index in [4.69, 9.17) is 4.74 Å². The largest absolute Gasteiger partial charge is 0.449 e. The van der Waals surface area contributed by atoms with Crippen LogP contribution in [-0.2, 0) is 4.74 Å². The molecule has 136 valence electrons. The van der Waals surface area contributed by atoms with Crippen molar-refractivity contribution in [3.63, 3.8) is 0 Å². The van der Waals surface area contributed by atoms with Crippen LogP contribution in [-0.4, -0.2) is 48.1 Å². The zero-order valence-corrected chi connectivity index (χ0v) is 15.4. The number of carbonyl (C=O) groups is 2. The molecule has 0 spiro atoms. The summed E-state index contributed by atoms with van der Waals surface area (Å²) in [5.41, 5.74) is 0.468. The van der Waals surface area contributed by atoms with Gasteiger partial charge in [0.2, 0.25) is 0 Å². The van der Waals surface area contributed by atoms with Gasteiger partial charge in [-0.05, 0) is 26.2 Å². The third kappa shape index (κ3) is 5.70. The highest BCUT2D eigenvalue weighted by Crippen LogP contribution is 2.30. The van der Waals surface area contributed by atoms with Crippen LogP contribution in [0.2, 0.25) is 0 Å². The molecule has 0 saturated carbocycles. The number of hydrogen-bond acceptors (Lipinski definition) is 5. The van der Waals surface area contributed by atoms with Crippen LogP contribution in [0, 0.1) is 0 Å². The lowest BCUT2D eigenvalue weighted by Crippen LogP contribution is -2.38. The standard InChI is InChI=1S/C18H25N3O3S/c1-3-5-9-19-16(22)15-13-25-17(20-15)14-7-10-21(11-8-14)18(23)24-12-6-4-2/h3-5,13-14H,2,6-12H2,1H3,(H,19,22)/b5-3-. The lowest BCUT2D eigenvalue weighted by molar-refractivity contribution is 0.0941. The van der Waals surface area contributed by atoms with Gasteiger partial charge in [0.05, 0.1) is 11.6 Å². The lowest BCUT2D eigenvalue weighted by atomic mass is 9.98. The second-order valence-corrected chi connectivity index (χ2v) is 6.69.